The van der Waals surface area contributed by atoms with Crippen LogP contribution in [-0.4, -0.2) is 147 Å². The molecule has 0 amide bonds. The molecule has 37 heavy (non-hydrogen) atoms. The van der Waals surface area contributed by atoms with E-state index >= 15 is 0 Å². The number of sulfonamides is 4. The van der Waals surface area contributed by atoms with Crippen LogP contribution in [0.15, 0.2) is 0 Å². The molecule has 0 aliphatic heterocycles. The minimum atomic E-state index is -3.77. The number of rotatable bonds is 23. The van der Waals surface area contributed by atoms with Crippen molar-refractivity contribution >= 4 is 40.1 Å². The molecule has 0 aliphatic rings. The van der Waals surface area contributed by atoms with E-state index in [0.29, 0.717) is 19.8 Å². The molecule has 0 bridgehead atoms. The molecular weight excluding hydrogens is 576 g/mol. The van der Waals surface area contributed by atoms with Crippen molar-refractivity contribution in [2.24, 2.45) is 5.92 Å². The summed E-state index contributed by atoms with van der Waals surface area (Å²) in [4.78, 5) is 0. The van der Waals surface area contributed by atoms with Gasteiger partial charge in [-0.3, -0.25) is 0 Å². The van der Waals surface area contributed by atoms with Crippen molar-refractivity contribution in [1.82, 2.24) is 18.1 Å². The molecule has 2 N–H and O–H groups in total. The van der Waals surface area contributed by atoms with Crippen molar-refractivity contribution in [3.05, 3.63) is 0 Å². The van der Waals surface area contributed by atoms with Crippen LogP contribution in [0.25, 0.3) is 0 Å². The van der Waals surface area contributed by atoms with E-state index in [4.69, 9.17) is 14.2 Å². The predicted octanol–water partition coefficient (Wildman–Crippen LogP) is -2.71. The van der Waals surface area contributed by atoms with Gasteiger partial charge in [0.15, 0.2) is 0 Å². The zero-order valence-corrected chi connectivity index (χ0v) is 25.3. The van der Waals surface area contributed by atoms with Gasteiger partial charge >= 0.3 is 0 Å². The van der Waals surface area contributed by atoms with Crippen LogP contribution in [0.5, 0.6) is 0 Å². The molecule has 0 unspecified atom stereocenters. The Balaban J connectivity index is 5.45. The number of nitrogens with one attached hydrogen (secondary N) is 2. The molecule has 0 aromatic rings. The van der Waals surface area contributed by atoms with Gasteiger partial charge in [0.05, 0.1) is 51.5 Å². The van der Waals surface area contributed by atoms with Gasteiger partial charge in [0.2, 0.25) is 40.1 Å². The first kappa shape index (κ1) is 36.5. The van der Waals surface area contributed by atoms with E-state index in [0.717, 1.165) is 33.6 Å². The molecular formula is C18H42N4O11S4. The van der Waals surface area contributed by atoms with Gasteiger partial charge in [-0.15, -0.1) is 0 Å². The zero-order valence-electron chi connectivity index (χ0n) is 22.1. The molecule has 224 valence electrons. The summed E-state index contributed by atoms with van der Waals surface area (Å²) in [5, 5.41) is 0. The molecule has 19 heteroatoms. The molecule has 0 saturated carbocycles. The largest absolute Gasteiger partial charge is 0.382 e. The molecule has 15 nitrogen and oxygen atoms in total. The molecule has 0 atom stereocenters. The van der Waals surface area contributed by atoms with E-state index in [1.54, 1.807) is 7.11 Å². The summed E-state index contributed by atoms with van der Waals surface area (Å²) in [6.07, 6.45) is 4.12. The Kier molecular flexibility index (Phi) is 17.0. The SMILES string of the molecule is COCCOCCOCCC(CN(CCNS(C)(=O)=O)S(C)(=O)=O)CN(CCNS(C)(=O)=O)S(C)(=O)=O. The fourth-order valence-corrected chi connectivity index (χ4v) is 5.76. The van der Waals surface area contributed by atoms with Crippen LogP contribution in [0.1, 0.15) is 6.42 Å². The second kappa shape index (κ2) is 17.3. The standard InChI is InChI=1S/C18H42N4O11S4/c1-31-12-13-33-15-14-32-11-6-18(16-21(36(4,27)28)9-7-19-34(2,23)24)17-22(37(5,29)30)10-8-20-35(3,25)26/h18-20H,6-17H2,1-5H3. The van der Waals surface area contributed by atoms with Crippen molar-refractivity contribution in [3.8, 4) is 0 Å². The predicted molar refractivity (Wildman–Crippen MR) is 140 cm³/mol. The number of hydrogen-bond acceptors (Lipinski definition) is 11. The summed E-state index contributed by atoms with van der Waals surface area (Å²) in [5.74, 6) is -0.546. The van der Waals surface area contributed by atoms with Crippen molar-refractivity contribution in [2.75, 3.05) is 104 Å². The van der Waals surface area contributed by atoms with Crippen LogP contribution in [0.4, 0.5) is 0 Å². The van der Waals surface area contributed by atoms with Crippen molar-refractivity contribution < 1.29 is 47.9 Å². The van der Waals surface area contributed by atoms with E-state index < -0.39 is 46.0 Å². The molecule has 0 radical (unpaired) electrons. The van der Waals surface area contributed by atoms with Gasteiger partial charge in [-0.05, 0) is 12.3 Å². The highest BCUT2D eigenvalue weighted by Gasteiger charge is 2.26. The number of ether oxygens (including phenoxy) is 3. The summed E-state index contributed by atoms with van der Waals surface area (Å²) in [6, 6.07) is 0. The van der Waals surface area contributed by atoms with Crippen LogP contribution in [0.3, 0.4) is 0 Å². The average Bonchev–Trinajstić information content (AvgIpc) is 2.70. The fourth-order valence-electron chi connectivity index (χ4n) is 3.03. The first-order valence-corrected chi connectivity index (χ1v) is 18.8. The number of methoxy groups -OCH3 is 1. The molecule has 0 heterocycles. The third kappa shape index (κ3) is 21.1. The third-order valence-corrected chi connectivity index (χ3v) is 8.78. The highest BCUT2D eigenvalue weighted by atomic mass is 32.2. The highest BCUT2D eigenvalue weighted by Crippen LogP contribution is 2.14. The van der Waals surface area contributed by atoms with Crippen molar-refractivity contribution in [3.63, 3.8) is 0 Å². The Morgan fingerprint density at radius 1 is 0.622 bits per heavy atom. The number of nitrogens with zero attached hydrogens (tertiary/aromatic N) is 2. The van der Waals surface area contributed by atoms with Crippen LogP contribution in [-0.2, 0) is 54.3 Å². The van der Waals surface area contributed by atoms with Crippen LogP contribution < -0.4 is 9.44 Å². The third-order valence-electron chi connectivity index (χ3n) is 4.79. The van der Waals surface area contributed by atoms with E-state index in [-0.39, 0.29) is 58.9 Å². The highest BCUT2D eigenvalue weighted by molar-refractivity contribution is 7.89. The zero-order chi connectivity index (χ0) is 28.8. The fraction of sp³-hybridized carbons (Fsp3) is 1.00. The Hall–Kier alpha value is -0.480. The monoisotopic (exact) mass is 618 g/mol. The maximum Gasteiger partial charge on any atom is 0.211 e. The molecule has 0 spiro atoms. The van der Waals surface area contributed by atoms with Crippen LogP contribution in [0.2, 0.25) is 0 Å². The lowest BCUT2D eigenvalue weighted by atomic mass is 10.1. The second-order valence-corrected chi connectivity index (χ2v) is 16.1. The maximum atomic E-state index is 12.4. The molecule has 0 rings (SSSR count). The Morgan fingerprint density at radius 2 is 1.00 bits per heavy atom. The minimum absolute atomic E-state index is 0.108. The van der Waals surface area contributed by atoms with E-state index in [2.05, 4.69) is 9.44 Å². The summed E-state index contributed by atoms with van der Waals surface area (Å²) >= 11 is 0. The van der Waals surface area contributed by atoms with Crippen molar-refractivity contribution in [2.45, 2.75) is 6.42 Å². The summed E-state index contributed by atoms with van der Waals surface area (Å²) in [6.45, 7) is 0.723. The normalized spacial score (nSPS) is 13.7. The summed E-state index contributed by atoms with van der Waals surface area (Å²) in [7, 11) is -13.1. The topological polar surface area (TPSA) is 195 Å². The van der Waals surface area contributed by atoms with E-state index in [9.17, 15) is 33.7 Å². The van der Waals surface area contributed by atoms with Crippen LogP contribution >= 0.6 is 0 Å². The van der Waals surface area contributed by atoms with Crippen molar-refractivity contribution in [1.29, 1.82) is 0 Å². The molecule has 0 aliphatic carbocycles. The molecule has 0 aromatic heterocycles. The Morgan fingerprint density at radius 3 is 1.35 bits per heavy atom. The minimum Gasteiger partial charge on any atom is -0.382 e. The van der Waals surface area contributed by atoms with Gasteiger partial charge in [0.25, 0.3) is 0 Å². The van der Waals surface area contributed by atoms with E-state index in [1.165, 1.54) is 0 Å². The quantitative estimate of drug-likeness (QED) is 0.113. The smallest absolute Gasteiger partial charge is 0.211 e. The van der Waals surface area contributed by atoms with Gasteiger partial charge < -0.3 is 14.2 Å². The number of hydrogen-bond donors (Lipinski definition) is 2. The van der Waals surface area contributed by atoms with Crippen LogP contribution in [0, 0.1) is 5.92 Å². The first-order valence-electron chi connectivity index (χ1n) is 11.3. The Labute approximate surface area is 222 Å². The molecule has 0 fully saturated rings. The second-order valence-electron chi connectivity index (χ2n) is 8.45. The Bertz CT molecular complexity index is 989. The van der Waals surface area contributed by atoms with Gasteiger partial charge in [-0.1, -0.05) is 0 Å². The summed E-state index contributed by atoms with van der Waals surface area (Å²) in [5.41, 5.74) is 0. The average molecular weight is 619 g/mol. The lowest BCUT2D eigenvalue weighted by molar-refractivity contribution is 0.0210. The molecule has 0 saturated heterocycles. The first-order chi connectivity index (χ1) is 16.8. The van der Waals surface area contributed by atoms with E-state index in [1.807, 2.05) is 0 Å². The van der Waals surface area contributed by atoms with Gasteiger partial charge in [0.1, 0.15) is 0 Å². The molecule has 0 aromatic carbocycles. The maximum absolute atomic E-state index is 12.4. The lowest BCUT2D eigenvalue weighted by Gasteiger charge is -2.30. The van der Waals surface area contributed by atoms with Gasteiger partial charge in [-0.2, -0.15) is 0 Å². The lowest BCUT2D eigenvalue weighted by Crippen LogP contribution is -2.45. The van der Waals surface area contributed by atoms with Gasteiger partial charge in [-0.25, -0.2) is 51.7 Å². The van der Waals surface area contributed by atoms with Gasteiger partial charge in [0, 0.05) is 53.0 Å². The summed E-state index contributed by atoms with van der Waals surface area (Å²) < 4.78 is 117.